The number of hydrogen-bond donors (Lipinski definition) is 0. The van der Waals surface area contributed by atoms with Crippen LogP contribution in [0.25, 0.3) is 44.5 Å². The number of nitrogens with zero attached hydrogens (tertiary/aromatic N) is 6. The fourth-order valence-electron chi connectivity index (χ4n) is 7.52. The molecule has 0 amide bonds. The van der Waals surface area contributed by atoms with Crippen molar-refractivity contribution < 1.29 is 26.3 Å². The topological polar surface area (TPSA) is 52.9 Å². The molecule has 7 aromatic rings. The Balaban J connectivity index is 1.78. The SMILES string of the molecule is CC(C)c1cccc(C(C)C)c1-n1c(=Nn2c3ccc(C(F)(F)F)cc3c3cc(C(F)(F)F)ccc32)n(-c2c(C(C)C)cccc2C(C)C)c2nccnc21. The Labute approximate surface area is 314 Å². The summed E-state index contributed by atoms with van der Waals surface area (Å²) in [6, 6.07) is 18.5. The van der Waals surface area contributed by atoms with Gasteiger partial charge in [-0.3, -0.25) is 9.13 Å². The molecular formula is C43H42F6N6. The molecule has 3 heterocycles. The molecule has 0 saturated heterocycles. The van der Waals surface area contributed by atoms with Crippen LogP contribution in [0.15, 0.2) is 90.3 Å². The second-order valence-electron chi connectivity index (χ2n) is 15.2. The van der Waals surface area contributed by atoms with Gasteiger partial charge in [0, 0.05) is 23.2 Å². The van der Waals surface area contributed by atoms with E-state index in [-0.39, 0.29) is 45.5 Å². The van der Waals surface area contributed by atoms with Crippen molar-refractivity contribution in [3.05, 3.63) is 124 Å². The van der Waals surface area contributed by atoms with Crippen LogP contribution in [0.3, 0.4) is 0 Å². The Bertz CT molecular complexity index is 2420. The van der Waals surface area contributed by atoms with Gasteiger partial charge in [-0.2, -0.15) is 26.3 Å². The van der Waals surface area contributed by atoms with E-state index >= 15 is 0 Å². The normalized spacial score (nSPS) is 12.8. The molecule has 0 bridgehead atoms. The number of aromatic nitrogens is 5. The average molecular weight is 757 g/mol. The summed E-state index contributed by atoms with van der Waals surface area (Å²) < 4.78 is 90.1. The van der Waals surface area contributed by atoms with Crippen LogP contribution in [0, 0.1) is 0 Å². The van der Waals surface area contributed by atoms with E-state index in [0.717, 1.165) is 57.9 Å². The van der Waals surface area contributed by atoms with Crippen LogP contribution in [0.5, 0.6) is 0 Å². The van der Waals surface area contributed by atoms with Crippen LogP contribution in [-0.2, 0) is 12.4 Å². The first-order valence-electron chi connectivity index (χ1n) is 18.4. The summed E-state index contributed by atoms with van der Waals surface area (Å²) in [5, 5.41) is 5.31. The highest BCUT2D eigenvalue weighted by atomic mass is 19.4. The van der Waals surface area contributed by atoms with Gasteiger partial charge in [-0.15, -0.1) is 5.10 Å². The minimum atomic E-state index is -4.73. The Hall–Kier alpha value is -5.39. The lowest BCUT2D eigenvalue weighted by Gasteiger charge is -2.22. The highest BCUT2D eigenvalue weighted by molar-refractivity contribution is 6.08. The van der Waals surface area contributed by atoms with Gasteiger partial charge in [0.05, 0.1) is 33.5 Å². The first kappa shape index (κ1) is 37.9. The highest BCUT2D eigenvalue weighted by Gasteiger charge is 2.34. The van der Waals surface area contributed by atoms with E-state index < -0.39 is 23.5 Å². The summed E-state index contributed by atoms with van der Waals surface area (Å²) in [6.45, 7) is 16.8. The zero-order chi connectivity index (χ0) is 39.7. The van der Waals surface area contributed by atoms with E-state index in [9.17, 15) is 26.3 Å². The quantitative estimate of drug-likeness (QED) is 0.152. The average Bonchev–Trinajstić information content (AvgIpc) is 3.61. The Kier molecular flexibility index (Phi) is 9.46. The second-order valence-corrected chi connectivity index (χ2v) is 15.2. The molecule has 0 radical (unpaired) electrons. The number of rotatable bonds is 7. The van der Waals surface area contributed by atoms with E-state index in [1.165, 1.54) is 16.8 Å². The molecule has 4 aromatic carbocycles. The number of imidazole rings is 1. The predicted molar refractivity (Wildman–Crippen MR) is 205 cm³/mol. The Morgan fingerprint density at radius 2 is 0.855 bits per heavy atom. The van der Waals surface area contributed by atoms with Crippen molar-refractivity contribution in [2.75, 3.05) is 0 Å². The monoisotopic (exact) mass is 756 g/mol. The largest absolute Gasteiger partial charge is 0.416 e. The third-order valence-corrected chi connectivity index (χ3v) is 10.2. The highest BCUT2D eigenvalue weighted by Crippen LogP contribution is 2.40. The molecule has 0 atom stereocenters. The third kappa shape index (κ3) is 6.49. The van der Waals surface area contributed by atoms with Gasteiger partial charge in [0.2, 0.25) is 5.62 Å². The number of benzene rings is 4. The summed E-state index contributed by atoms with van der Waals surface area (Å²) in [7, 11) is 0. The van der Waals surface area contributed by atoms with Crippen molar-refractivity contribution >= 4 is 33.1 Å². The van der Waals surface area contributed by atoms with Crippen molar-refractivity contribution in [2.24, 2.45) is 5.10 Å². The molecule has 0 aliphatic heterocycles. The molecular weight excluding hydrogens is 715 g/mol. The van der Waals surface area contributed by atoms with Gasteiger partial charge < -0.3 is 0 Å². The molecule has 0 aliphatic rings. The summed E-state index contributed by atoms with van der Waals surface area (Å²) in [5.74, 6) is 0.197. The van der Waals surface area contributed by atoms with Crippen molar-refractivity contribution in [1.29, 1.82) is 0 Å². The van der Waals surface area contributed by atoms with Crippen molar-refractivity contribution in [3.8, 4) is 11.4 Å². The standard InChI is InChI=1S/C43H42F6N6/c1-23(2)29-11-9-12-30(24(3)4)37(29)53-39-40(51-20-19-50-39)54(38-31(25(5)6)13-10-14-32(38)26(7)8)41(53)52-55-35-17-15-27(42(44,45)46)21-33(35)34-22-28(43(47,48)49)16-18-36(34)55/h9-26H,1-8H3. The maximum absolute atomic E-state index is 14.1. The summed E-state index contributed by atoms with van der Waals surface area (Å²) in [6.07, 6.45) is -6.24. The Morgan fingerprint density at radius 1 is 0.509 bits per heavy atom. The van der Waals surface area contributed by atoms with Crippen LogP contribution < -0.4 is 5.62 Å². The van der Waals surface area contributed by atoms with E-state index in [2.05, 4.69) is 79.7 Å². The fraction of sp³-hybridized carbons (Fsp3) is 0.326. The number of alkyl halides is 6. The summed E-state index contributed by atoms with van der Waals surface area (Å²) >= 11 is 0. The molecule has 55 heavy (non-hydrogen) atoms. The van der Waals surface area contributed by atoms with Gasteiger partial charge in [0.15, 0.2) is 11.3 Å². The van der Waals surface area contributed by atoms with E-state index in [1.54, 1.807) is 12.4 Å². The molecule has 6 nitrogen and oxygen atoms in total. The molecule has 0 N–H and O–H groups in total. The Morgan fingerprint density at radius 3 is 1.16 bits per heavy atom. The molecule has 0 aliphatic carbocycles. The van der Waals surface area contributed by atoms with Crippen molar-refractivity contribution in [3.63, 3.8) is 0 Å². The van der Waals surface area contributed by atoms with Crippen molar-refractivity contribution in [1.82, 2.24) is 23.8 Å². The fourth-order valence-corrected chi connectivity index (χ4v) is 7.52. The first-order chi connectivity index (χ1) is 25.9. The molecule has 7 rings (SSSR count). The van der Waals surface area contributed by atoms with Gasteiger partial charge in [-0.05, 0) is 82.3 Å². The van der Waals surface area contributed by atoms with Gasteiger partial charge in [-0.25, -0.2) is 14.6 Å². The van der Waals surface area contributed by atoms with E-state index in [4.69, 9.17) is 15.1 Å². The van der Waals surface area contributed by atoms with Crippen LogP contribution in [-0.4, -0.2) is 23.8 Å². The predicted octanol–water partition coefficient (Wildman–Crippen LogP) is 12.2. The van der Waals surface area contributed by atoms with Crippen LogP contribution >= 0.6 is 0 Å². The number of halogens is 6. The second kappa shape index (κ2) is 13.7. The van der Waals surface area contributed by atoms with Crippen molar-refractivity contribution in [2.45, 2.75) is 91.4 Å². The first-order valence-corrected chi connectivity index (χ1v) is 18.4. The lowest BCUT2D eigenvalue weighted by molar-refractivity contribution is -0.138. The van der Waals surface area contributed by atoms with E-state index in [1.807, 2.05) is 21.3 Å². The molecule has 3 aromatic heterocycles. The molecule has 0 unspecified atom stereocenters. The van der Waals surface area contributed by atoms with Gasteiger partial charge >= 0.3 is 12.4 Å². The van der Waals surface area contributed by atoms with Crippen LogP contribution in [0.4, 0.5) is 26.3 Å². The van der Waals surface area contributed by atoms with Crippen LogP contribution in [0.2, 0.25) is 0 Å². The van der Waals surface area contributed by atoms with Gasteiger partial charge in [0.1, 0.15) is 0 Å². The van der Waals surface area contributed by atoms with E-state index in [0.29, 0.717) is 16.9 Å². The van der Waals surface area contributed by atoms with Gasteiger partial charge in [-0.1, -0.05) is 91.8 Å². The lowest BCUT2D eigenvalue weighted by atomic mass is 9.92. The minimum absolute atomic E-state index is 0.0129. The lowest BCUT2D eigenvalue weighted by Crippen LogP contribution is -2.29. The third-order valence-electron chi connectivity index (χ3n) is 10.2. The zero-order valence-corrected chi connectivity index (χ0v) is 31.8. The molecule has 0 saturated carbocycles. The molecule has 286 valence electrons. The maximum Gasteiger partial charge on any atom is 0.416 e. The van der Waals surface area contributed by atoms with Gasteiger partial charge in [0.25, 0.3) is 0 Å². The minimum Gasteiger partial charge on any atom is -0.259 e. The smallest absolute Gasteiger partial charge is 0.259 e. The van der Waals surface area contributed by atoms with Crippen LogP contribution in [0.1, 0.15) is 112 Å². The maximum atomic E-state index is 14.1. The molecule has 0 spiro atoms. The number of fused-ring (bicyclic) bond motifs is 4. The summed E-state index contributed by atoms with van der Waals surface area (Å²) in [5.41, 5.74) is 5.45. The number of para-hydroxylation sites is 2. The summed E-state index contributed by atoms with van der Waals surface area (Å²) in [4.78, 5) is 9.81. The molecule has 0 fully saturated rings. The molecule has 12 heteroatoms. The zero-order valence-electron chi connectivity index (χ0n) is 31.8. The number of hydrogen-bond acceptors (Lipinski definition) is 3.